The van der Waals surface area contributed by atoms with Crippen LogP contribution in [-0.2, 0) is 6.18 Å². The molecule has 25 heavy (non-hydrogen) atoms. The van der Waals surface area contributed by atoms with E-state index in [0.717, 1.165) is 12.1 Å². The lowest BCUT2D eigenvalue weighted by atomic mass is 9.52. The van der Waals surface area contributed by atoms with Crippen LogP contribution < -0.4 is 10.6 Å². The smallest absolute Gasteiger partial charge is 0.335 e. The van der Waals surface area contributed by atoms with Crippen molar-refractivity contribution < 1.29 is 26.7 Å². The summed E-state index contributed by atoms with van der Waals surface area (Å²) in [6, 6.07) is 3.50. The molecule has 1 spiro atoms. The predicted molar refractivity (Wildman–Crippen MR) is 81.2 cm³/mol. The van der Waals surface area contributed by atoms with Gasteiger partial charge in [0.15, 0.2) is 0 Å². The van der Waals surface area contributed by atoms with E-state index >= 15 is 0 Å². The Hall–Kier alpha value is -1.86. The predicted octanol–water partition coefficient (Wildman–Crippen LogP) is 4.64. The first-order valence-corrected chi connectivity index (χ1v) is 8.10. The van der Waals surface area contributed by atoms with Gasteiger partial charge in [0.25, 0.3) is 0 Å². The van der Waals surface area contributed by atoms with Crippen molar-refractivity contribution in [2.75, 3.05) is 0 Å². The van der Waals surface area contributed by atoms with Crippen molar-refractivity contribution in [2.45, 2.75) is 56.8 Å². The number of halogens is 5. The Labute approximate surface area is 142 Å². The quantitative estimate of drug-likeness (QED) is 0.756. The van der Waals surface area contributed by atoms with E-state index in [0.29, 0.717) is 18.4 Å². The molecule has 1 aromatic carbocycles. The summed E-state index contributed by atoms with van der Waals surface area (Å²) in [4.78, 5) is 12.0. The Morgan fingerprint density at radius 1 is 1.24 bits per heavy atom. The summed E-state index contributed by atoms with van der Waals surface area (Å²) in [5, 5.41) is 5.28. The maximum Gasteiger partial charge on any atom is 0.416 e. The first-order valence-electron chi connectivity index (χ1n) is 8.10. The van der Waals surface area contributed by atoms with E-state index in [4.69, 9.17) is 0 Å². The van der Waals surface area contributed by atoms with Crippen LogP contribution in [0.25, 0.3) is 0 Å². The molecular formula is C17H19F5N2O. The molecule has 2 fully saturated rings. The second kappa shape index (κ2) is 5.85. The van der Waals surface area contributed by atoms with Crippen LogP contribution in [0.5, 0.6) is 0 Å². The van der Waals surface area contributed by atoms with Crippen molar-refractivity contribution in [1.82, 2.24) is 10.6 Å². The topological polar surface area (TPSA) is 41.1 Å². The highest BCUT2D eigenvalue weighted by Crippen LogP contribution is 2.62. The van der Waals surface area contributed by atoms with Crippen molar-refractivity contribution in [3.63, 3.8) is 0 Å². The van der Waals surface area contributed by atoms with Gasteiger partial charge in [-0.3, -0.25) is 0 Å². The standard InChI is InChI=1S/C17H19F5N2O/c1-10(11-3-2-4-12(5-11)17(20,21)22)23-14(25)24-13-6-15(7-13)8-16(18,19)9-15/h2-5,10,13H,6-9H2,1H3,(H2,23,24,25). The van der Waals surface area contributed by atoms with Crippen molar-refractivity contribution in [3.8, 4) is 0 Å². The number of rotatable bonds is 3. The van der Waals surface area contributed by atoms with Crippen molar-refractivity contribution in [1.29, 1.82) is 0 Å². The summed E-state index contributed by atoms with van der Waals surface area (Å²) in [7, 11) is 0. The molecule has 1 atom stereocenters. The molecule has 2 saturated carbocycles. The number of alkyl halides is 5. The van der Waals surface area contributed by atoms with Crippen LogP contribution in [0.3, 0.4) is 0 Å². The van der Waals surface area contributed by atoms with Gasteiger partial charge in [0.2, 0.25) is 5.92 Å². The van der Waals surface area contributed by atoms with Crippen LogP contribution in [0, 0.1) is 5.41 Å². The minimum absolute atomic E-state index is 0.125. The molecule has 2 N–H and O–H groups in total. The fraction of sp³-hybridized carbons (Fsp3) is 0.588. The molecule has 0 aliphatic heterocycles. The van der Waals surface area contributed by atoms with Crippen LogP contribution in [0.4, 0.5) is 26.7 Å². The SMILES string of the molecule is CC(NC(=O)NC1CC2(C1)CC(F)(F)C2)c1cccc(C(F)(F)F)c1. The average Bonchev–Trinajstić information content (AvgIpc) is 2.42. The van der Waals surface area contributed by atoms with E-state index in [9.17, 15) is 26.7 Å². The lowest BCUT2D eigenvalue weighted by Crippen LogP contribution is -2.60. The summed E-state index contributed by atoms with van der Waals surface area (Å²) < 4.78 is 64.1. The van der Waals surface area contributed by atoms with Gasteiger partial charge in [0, 0.05) is 18.9 Å². The van der Waals surface area contributed by atoms with Crippen LogP contribution in [0.15, 0.2) is 24.3 Å². The lowest BCUT2D eigenvalue weighted by Gasteiger charge is -2.57. The van der Waals surface area contributed by atoms with Gasteiger partial charge in [-0.05, 0) is 42.9 Å². The first kappa shape index (κ1) is 17.9. The second-order valence-electron chi connectivity index (χ2n) is 7.28. The van der Waals surface area contributed by atoms with Gasteiger partial charge in [0.1, 0.15) is 0 Å². The Bertz CT molecular complexity index is 657. The number of urea groups is 1. The fourth-order valence-corrected chi connectivity index (χ4v) is 3.91. The highest BCUT2D eigenvalue weighted by molar-refractivity contribution is 5.75. The van der Waals surface area contributed by atoms with Gasteiger partial charge >= 0.3 is 12.2 Å². The molecule has 138 valence electrons. The molecule has 0 bridgehead atoms. The molecule has 0 heterocycles. The zero-order valence-electron chi connectivity index (χ0n) is 13.6. The third-order valence-corrected chi connectivity index (χ3v) is 5.02. The monoisotopic (exact) mass is 362 g/mol. The summed E-state index contributed by atoms with van der Waals surface area (Å²) >= 11 is 0. The van der Waals surface area contributed by atoms with E-state index in [1.807, 2.05) is 0 Å². The van der Waals surface area contributed by atoms with Gasteiger partial charge in [-0.15, -0.1) is 0 Å². The number of benzene rings is 1. The van der Waals surface area contributed by atoms with Crippen LogP contribution in [-0.4, -0.2) is 18.0 Å². The van der Waals surface area contributed by atoms with Gasteiger partial charge in [-0.1, -0.05) is 12.1 Å². The van der Waals surface area contributed by atoms with Crippen LogP contribution >= 0.6 is 0 Å². The Morgan fingerprint density at radius 2 is 1.88 bits per heavy atom. The summed E-state index contributed by atoms with van der Waals surface area (Å²) in [6.07, 6.45) is -3.65. The molecule has 2 aliphatic carbocycles. The highest BCUT2D eigenvalue weighted by Gasteiger charge is 2.61. The van der Waals surface area contributed by atoms with Crippen molar-refractivity contribution in [3.05, 3.63) is 35.4 Å². The molecule has 3 nitrogen and oxygen atoms in total. The lowest BCUT2D eigenvalue weighted by molar-refractivity contribution is -0.197. The van der Waals surface area contributed by atoms with Crippen molar-refractivity contribution in [2.24, 2.45) is 5.41 Å². The molecule has 0 radical (unpaired) electrons. The largest absolute Gasteiger partial charge is 0.416 e. The summed E-state index contributed by atoms with van der Waals surface area (Å²) in [6.45, 7) is 1.59. The first-order chi connectivity index (χ1) is 11.5. The van der Waals surface area contributed by atoms with Crippen LogP contribution in [0.1, 0.15) is 49.8 Å². The Balaban J connectivity index is 1.49. The normalized spacial score (nSPS) is 22.6. The summed E-state index contributed by atoms with van der Waals surface area (Å²) in [5.74, 6) is -2.58. The van der Waals surface area contributed by atoms with Gasteiger partial charge in [-0.25, -0.2) is 13.6 Å². The second-order valence-corrected chi connectivity index (χ2v) is 7.28. The number of carbonyl (C=O) groups excluding carboxylic acids is 1. The Kier molecular flexibility index (Phi) is 4.20. The number of hydrogen-bond acceptors (Lipinski definition) is 1. The van der Waals surface area contributed by atoms with Gasteiger partial charge in [-0.2, -0.15) is 13.2 Å². The molecule has 2 aliphatic rings. The highest BCUT2D eigenvalue weighted by atomic mass is 19.4. The molecule has 3 rings (SSSR count). The molecule has 0 aromatic heterocycles. The van der Waals surface area contributed by atoms with E-state index in [2.05, 4.69) is 10.6 Å². The minimum Gasteiger partial charge on any atom is -0.335 e. The Morgan fingerprint density at radius 3 is 2.44 bits per heavy atom. The van der Waals surface area contributed by atoms with E-state index in [1.54, 1.807) is 6.92 Å². The third kappa shape index (κ3) is 3.88. The number of nitrogens with one attached hydrogen (secondary N) is 2. The maximum atomic E-state index is 12.9. The number of carbonyl (C=O) groups is 1. The molecule has 1 aromatic rings. The molecule has 8 heteroatoms. The van der Waals surface area contributed by atoms with E-state index in [-0.39, 0.29) is 24.3 Å². The van der Waals surface area contributed by atoms with Crippen LogP contribution in [0.2, 0.25) is 0 Å². The maximum absolute atomic E-state index is 12.9. The third-order valence-electron chi connectivity index (χ3n) is 5.02. The molecule has 1 unspecified atom stereocenters. The van der Waals surface area contributed by atoms with Crippen molar-refractivity contribution >= 4 is 6.03 Å². The van der Waals surface area contributed by atoms with E-state index < -0.39 is 29.7 Å². The average molecular weight is 362 g/mol. The zero-order chi connectivity index (χ0) is 18.5. The van der Waals surface area contributed by atoms with E-state index in [1.165, 1.54) is 12.1 Å². The zero-order valence-corrected chi connectivity index (χ0v) is 13.6. The molecular weight excluding hydrogens is 343 g/mol. The molecule has 0 saturated heterocycles. The molecule has 2 amide bonds. The summed E-state index contributed by atoms with van der Waals surface area (Å²) in [5.41, 5.74) is -0.770. The van der Waals surface area contributed by atoms with Gasteiger partial charge < -0.3 is 10.6 Å². The number of amides is 2. The van der Waals surface area contributed by atoms with Gasteiger partial charge in [0.05, 0.1) is 11.6 Å². The fourth-order valence-electron chi connectivity index (χ4n) is 3.91. The number of hydrogen-bond donors (Lipinski definition) is 2. The minimum atomic E-state index is -4.44.